The van der Waals surface area contributed by atoms with Gasteiger partial charge in [-0.05, 0) is 286 Å². The molecule has 6 nitrogen and oxygen atoms in total. The standard InChI is InChI=1S/C54H30N2O.C48H26N2O/c55-31-32-12-21-45-47-23-22-44(46-8-4-11-50(54(46)47)57-51(45)24-32)37-16-15-34-25-36(14-13-35(34)26-37)42-27-38-17-19-40-29-43(30-41-20-18-39(28-42)52(38)53(40)41)49-10-5-9-48(56-49)33-6-2-1-3-7-33;49-26-28-10-15-41-43-19-18-40(42-8-3-9-44(48(42)43)51-45(41)21-28)39-17-16-36(37-6-1-2-7-38(37)39)35-24-31-13-11-29-22-34(33-5-4-20-50-27-33)23-30-12-14-32(25-35)47(31)46(29)30/h1-30H;1-25,27H. The highest BCUT2D eigenvalue weighted by molar-refractivity contribution is 6.27. The molecule has 2 aliphatic heterocycles. The number of hydrogen-bond acceptors (Lipinski definition) is 6. The Labute approximate surface area is 620 Å². The predicted octanol–water partition coefficient (Wildman–Crippen LogP) is 27.5. The van der Waals surface area contributed by atoms with E-state index in [0.29, 0.717) is 11.1 Å². The Bertz CT molecular complexity index is 7380. The van der Waals surface area contributed by atoms with Crippen molar-refractivity contribution in [2.75, 3.05) is 0 Å². The summed E-state index contributed by atoms with van der Waals surface area (Å²) in [6.45, 7) is 0. The number of pyridine rings is 2. The summed E-state index contributed by atoms with van der Waals surface area (Å²) in [7, 11) is 0. The van der Waals surface area contributed by atoms with Gasteiger partial charge in [-0.1, -0.05) is 200 Å². The molecule has 6 heteroatoms. The van der Waals surface area contributed by atoms with Crippen LogP contribution < -0.4 is 9.47 Å². The maximum atomic E-state index is 9.47. The summed E-state index contributed by atoms with van der Waals surface area (Å²) in [6, 6.07) is 122. The molecule has 2 aromatic heterocycles. The van der Waals surface area contributed by atoms with Gasteiger partial charge in [0.15, 0.2) is 0 Å². The highest BCUT2D eigenvalue weighted by Gasteiger charge is 2.26. The van der Waals surface area contributed by atoms with Crippen molar-refractivity contribution in [2.45, 2.75) is 0 Å². The SMILES string of the molecule is N#Cc1ccc2c(c1)Oc1cccc3c(-c4ccc(-c5cc6ccc7cc(-c8cccnc8)cc8ccc(c5)c6c78)c5ccccc45)ccc-2c13.N#Cc1ccc2c(c1)Oc1cccc3c(-c4ccc5cc(-c6cc7ccc8cc(-c9cccc(-c%10ccccc%10)n9)cc9ccc(c6)c7c89)ccc5c4)ccc-2c13. The van der Waals surface area contributed by atoms with Gasteiger partial charge in [-0.2, -0.15) is 10.5 Å². The number of hydrogen-bond donors (Lipinski definition) is 0. The second-order valence-corrected chi connectivity index (χ2v) is 28.5. The largest absolute Gasteiger partial charge is 0.456 e. The van der Waals surface area contributed by atoms with Crippen molar-refractivity contribution in [1.29, 1.82) is 10.5 Å². The zero-order valence-electron chi connectivity index (χ0n) is 57.9. The van der Waals surface area contributed by atoms with Crippen LogP contribution in [0.4, 0.5) is 0 Å². The second-order valence-electron chi connectivity index (χ2n) is 28.5. The second kappa shape index (κ2) is 23.9. The number of fused-ring (bicyclic) bond motifs is 6. The van der Waals surface area contributed by atoms with E-state index in [9.17, 15) is 10.5 Å². The zero-order chi connectivity index (χ0) is 71.2. The topological polar surface area (TPSA) is 91.8 Å². The van der Waals surface area contributed by atoms with Gasteiger partial charge in [0.05, 0.1) is 34.7 Å². The van der Waals surface area contributed by atoms with Crippen molar-refractivity contribution >= 4 is 108 Å². The molecule has 21 aromatic rings. The Morgan fingerprint density at radius 1 is 0.222 bits per heavy atom. The molecule has 0 bridgehead atoms. The Hall–Kier alpha value is -14.8. The van der Waals surface area contributed by atoms with Crippen molar-refractivity contribution in [3.63, 3.8) is 0 Å². The van der Waals surface area contributed by atoms with Gasteiger partial charge in [-0.3, -0.25) is 4.98 Å². The first kappa shape index (κ1) is 60.7. The number of ether oxygens (including phenoxy) is 2. The predicted molar refractivity (Wildman–Crippen MR) is 444 cm³/mol. The van der Waals surface area contributed by atoms with Crippen LogP contribution in [0.25, 0.3) is 208 Å². The number of nitriles is 2. The van der Waals surface area contributed by atoms with Crippen LogP contribution >= 0.6 is 0 Å². The third-order valence-corrected chi connectivity index (χ3v) is 22.4. The van der Waals surface area contributed by atoms with Gasteiger partial charge in [0, 0.05) is 51.0 Å². The normalized spacial score (nSPS) is 12.0. The van der Waals surface area contributed by atoms with Gasteiger partial charge in [-0.15, -0.1) is 0 Å². The summed E-state index contributed by atoms with van der Waals surface area (Å²) in [4.78, 5) is 9.41. The lowest BCUT2D eigenvalue weighted by atomic mass is 9.86. The van der Waals surface area contributed by atoms with Crippen LogP contribution in [0.1, 0.15) is 11.1 Å². The van der Waals surface area contributed by atoms with Crippen LogP contribution in [0.15, 0.2) is 340 Å². The van der Waals surface area contributed by atoms with Gasteiger partial charge >= 0.3 is 0 Å². The molecule has 0 aliphatic carbocycles. The monoisotopic (exact) mass is 1370 g/mol. The summed E-state index contributed by atoms with van der Waals surface area (Å²) in [6.07, 6.45) is 3.75. The van der Waals surface area contributed by atoms with Gasteiger partial charge in [0.25, 0.3) is 0 Å². The fraction of sp³-hybridized carbons (Fsp3) is 0. The van der Waals surface area contributed by atoms with E-state index >= 15 is 0 Å². The molecule has 4 heterocycles. The molecular formula is C102H56N4O2. The fourth-order valence-electron chi connectivity index (χ4n) is 17.5. The van der Waals surface area contributed by atoms with E-state index in [2.05, 4.69) is 278 Å². The first-order valence-corrected chi connectivity index (χ1v) is 36.4. The van der Waals surface area contributed by atoms with E-state index in [0.717, 1.165) is 100 Å². The molecule has 0 spiro atoms. The Morgan fingerprint density at radius 3 is 1.13 bits per heavy atom. The van der Waals surface area contributed by atoms with Crippen molar-refractivity contribution < 1.29 is 9.47 Å². The van der Waals surface area contributed by atoms with Crippen molar-refractivity contribution in [3.05, 3.63) is 351 Å². The minimum atomic E-state index is 0.591. The van der Waals surface area contributed by atoms with E-state index in [1.165, 1.54) is 131 Å². The van der Waals surface area contributed by atoms with Crippen molar-refractivity contribution in [2.24, 2.45) is 0 Å². The molecule has 0 fully saturated rings. The molecule has 496 valence electrons. The summed E-state index contributed by atoms with van der Waals surface area (Å²) >= 11 is 0. The highest BCUT2D eigenvalue weighted by atomic mass is 16.5. The van der Waals surface area contributed by atoms with E-state index in [-0.39, 0.29) is 0 Å². The zero-order valence-corrected chi connectivity index (χ0v) is 57.9. The lowest BCUT2D eigenvalue weighted by Crippen LogP contribution is -1.98. The average molecular weight is 1370 g/mol. The third-order valence-electron chi connectivity index (χ3n) is 22.4. The van der Waals surface area contributed by atoms with Crippen molar-refractivity contribution in [1.82, 2.24) is 9.97 Å². The fourth-order valence-corrected chi connectivity index (χ4v) is 17.5. The van der Waals surface area contributed by atoms with E-state index in [1.807, 2.05) is 79.1 Å². The molecule has 108 heavy (non-hydrogen) atoms. The Balaban J connectivity index is 0.000000135. The molecule has 19 aromatic carbocycles. The molecule has 0 N–H and O–H groups in total. The van der Waals surface area contributed by atoms with Crippen LogP contribution in [0.2, 0.25) is 0 Å². The van der Waals surface area contributed by atoms with E-state index in [1.54, 1.807) is 0 Å². The number of nitrogens with zero attached hydrogens (tertiary/aromatic N) is 4. The number of aromatic nitrogens is 2. The third kappa shape index (κ3) is 9.65. The molecule has 0 radical (unpaired) electrons. The minimum Gasteiger partial charge on any atom is -0.456 e. The van der Waals surface area contributed by atoms with Crippen molar-refractivity contribution in [3.8, 4) is 136 Å². The maximum absolute atomic E-state index is 9.47. The number of rotatable bonds is 7. The summed E-state index contributed by atoms with van der Waals surface area (Å²) in [5.74, 6) is 3.08. The van der Waals surface area contributed by atoms with Crippen LogP contribution in [-0.2, 0) is 0 Å². The molecule has 0 saturated carbocycles. The molecular weight excluding hydrogens is 1310 g/mol. The highest BCUT2D eigenvalue weighted by Crippen LogP contribution is 2.53. The summed E-state index contributed by atoms with van der Waals surface area (Å²) in [5.41, 5.74) is 21.5. The molecule has 0 atom stereocenters. The first-order chi connectivity index (χ1) is 53.4. The lowest BCUT2D eigenvalue weighted by molar-refractivity contribution is 0.486. The summed E-state index contributed by atoms with van der Waals surface area (Å²) < 4.78 is 12.8. The van der Waals surface area contributed by atoms with Gasteiger partial charge in [-0.25, -0.2) is 4.98 Å². The quantitative estimate of drug-likeness (QED) is 0.148. The van der Waals surface area contributed by atoms with E-state index in [4.69, 9.17) is 14.5 Å². The molecule has 0 unspecified atom stereocenters. The van der Waals surface area contributed by atoms with Crippen LogP contribution in [-0.4, -0.2) is 9.97 Å². The molecule has 23 rings (SSSR count). The summed E-state index contributed by atoms with van der Waals surface area (Å²) in [5, 5.41) is 43.4. The van der Waals surface area contributed by atoms with Crippen LogP contribution in [0.5, 0.6) is 23.0 Å². The maximum Gasteiger partial charge on any atom is 0.136 e. The molecule has 0 saturated heterocycles. The average Bonchev–Trinajstić information content (AvgIpc) is 0.737. The molecule has 2 aliphatic rings. The van der Waals surface area contributed by atoms with Gasteiger partial charge in [0.2, 0.25) is 0 Å². The Kier molecular flexibility index (Phi) is 13.4. The number of benzene rings is 19. The van der Waals surface area contributed by atoms with Gasteiger partial charge < -0.3 is 9.47 Å². The van der Waals surface area contributed by atoms with Crippen LogP contribution in [0.3, 0.4) is 0 Å². The van der Waals surface area contributed by atoms with Gasteiger partial charge in [0.1, 0.15) is 23.0 Å². The smallest absolute Gasteiger partial charge is 0.136 e. The van der Waals surface area contributed by atoms with Crippen LogP contribution in [0, 0.1) is 22.7 Å². The Morgan fingerprint density at radius 2 is 0.602 bits per heavy atom. The molecule has 0 amide bonds. The first-order valence-electron chi connectivity index (χ1n) is 36.4. The minimum absolute atomic E-state index is 0.591. The lowest BCUT2D eigenvalue weighted by Gasteiger charge is -2.23. The van der Waals surface area contributed by atoms with E-state index < -0.39 is 0 Å².